The second-order valence-electron chi connectivity index (χ2n) is 6.69. The number of carbonyl (C=O) groups excluding carboxylic acids is 1. The molecule has 26 heavy (non-hydrogen) atoms. The first-order valence-electron chi connectivity index (χ1n) is 7.95. The Bertz CT molecular complexity index is 769. The molecule has 0 aliphatic heterocycles. The molecule has 0 saturated carbocycles. The van der Waals surface area contributed by atoms with Crippen LogP contribution in [0.4, 0.5) is 23.8 Å². The number of hydrogen-bond donors (Lipinski definition) is 1. The van der Waals surface area contributed by atoms with E-state index in [4.69, 9.17) is 4.74 Å². The molecular weight excluding hydrogens is 353 g/mol. The van der Waals surface area contributed by atoms with Gasteiger partial charge in [0.25, 0.3) is 5.82 Å². The molecule has 0 aliphatic carbocycles. The summed E-state index contributed by atoms with van der Waals surface area (Å²) >= 11 is 0. The number of carbonyl (C=O) groups is 1. The summed E-state index contributed by atoms with van der Waals surface area (Å²) in [5, 5.41) is 13.3. The van der Waals surface area contributed by atoms with Crippen molar-refractivity contribution in [1.29, 1.82) is 0 Å². The zero-order chi connectivity index (χ0) is 19.5. The van der Waals surface area contributed by atoms with Gasteiger partial charge in [0.1, 0.15) is 11.4 Å². The Labute approximate surface area is 148 Å². The molecule has 1 amide bonds. The van der Waals surface area contributed by atoms with Crippen LogP contribution in [0, 0.1) is 0 Å². The van der Waals surface area contributed by atoms with Crippen LogP contribution in [0.2, 0.25) is 0 Å². The van der Waals surface area contributed by atoms with Gasteiger partial charge in [-0.3, -0.25) is 0 Å². The van der Waals surface area contributed by atoms with E-state index in [-0.39, 0.29) is 11.5 Å². The molecule has 0 aliphatic rings. The first-order valence-corrected chi connectivity index (χ1v) is 7.95. The van der Waals surface area contributed by atoms with Crippen LogP contribution >= 0.6 is 0 Å². The molecule has 0 fully saturated rings. The highest BCUT2D eigenvalue weighted by molar-refractivity contribution is 5.67. The smallest absolute Gasteiger partial charge is 0.444 e. The number of hydrogen-bond acceptors (Lipinski definition) is 6. The SMILES string of the molecule is CN(CCCNc1ccc2nnc(C(F)(F)F)n2n1)C(=O)OC(C)(C)C. The summed E-state index contributed by atoms with van der Waals surface area (Å²) < 4.78 is 44.4. The summed E-state index contributed by atoms with van der Waals surface area (Å²) in [6, 6.07) is 2.91. The molecule has 8 nitrogen and oxygen atoms in total. The molecule has 0 aromatic carbocycles. The van der Waals surface area contributed by atoms with Gasteiger partial charge in [-0.2, -0.15) is 17.7 Å². The Morgan fingerprint density at radius 1 is 1.27 bits per heavy atom. The predicted molar refractivity (Wildman–Crippen MR) is 87.8 cm³/mol. The van der Waals surface area contributed by atoms with Crippen molar-refractivity contribution >= 4 is 17.6 Å². The summed E-state index contributed by atoms with van der Waals surface area (Å²) in [7, 11) is 1.62. The number of halogens is 3. The van der Waals surface area contributed by atoms with Crippen molar-refractivity contribution in [1.82, 2.24) is 24.7 Å². The van der Waals surface area contributed by atoms with Gasteiger partial charge in [0.05, 0.1) is 0 Å². The van der Waals surface area contributed by atoms with Gasteiger partial charge < -0.3 is 15.0 Å². The largest absolute Gasteiger partial charge is 0.453 e. The maximum absolute atomic E-state index is 12.8. The van der Waals surface area contributed by atoms with Crippen molar-refractivity contribution in [2.45, 2.75) is 39.0 Å². The molecular formula is C15H21F3N6O2. The fourth-order valence-corrected chi connectivity index (χ4v) is 2.02. The van der Waals surface area contributed by atoms with Gasteiger partial charge in [0.15, 0.2) is 5.65 Å². The van der Waals surface area contributed by atoms with Crippen LogP contribution in [0.1, 0.15) is 33.0 Å². The van der Waals surface area contributed by atoms with Crippen LogP contribution in [0.15, 0.2) is 12.1 Å². The lowest BCUT2D eigenvalue weighted by atomic mass is 10.2. The summed E-state index contributed by atoms with van der Waals surface area (Å²) in [5.41, 5.74) is -0.565. The molecule has 0 unspecified atom stereocenters. The molecule has 0 bridgehead atoms. The monoisotopic (exact) mass is 374 g/mol. The van der Waals surface area contributed by atoms with Gasteiger partial charge in [-0.05, 0) is 39.3 Å². The average molecular weight is 374 g/mol. The van der Waals surface area contributed by atoms with Crippen molar-refractivity contribution < 1.29 is 22.7 Å². The van der Waals surface area contributed by atoms with E-state index in [2.05, 4.69) is 20.6 Å². The van der Waals surface area contributed by atoms with Gasteiger partial charge in [0, 0.05) is 20.1 Å². The van der Waals surface area contributed by atoms with Crippen LogP contribution in [-0.2, 0) is 10.9 Å². The Morgan fingerprint density at radius 2 is 1.96 bits per heavy atom. The van der Waals surface area contributed by atoms with Crippen molar-refractivity contribution in [3.8, 4) is 0 Å². The van der Waals surface area contributed by atoms with Crippen molar-refractivity contribution in [3.63, 3.8) is 0 Å². The average Bonchev–Trinajstić information content (AvgIpc) is 2.92. The number of nitrogens with zero attached hydrogens (tertiary/aromatic N) is 5. The van der Waals surface area contributed by atoms with Gasteiger partial charge >= 0.3 is 12.3 Å². The van der Waals surface area contributed by atoms with Crippen LogP contribution in [0.3, 0.4) is 0 Å². The number of fused-ring (bicyclic) bond motifs is 1. The minimum atomic E-state index is -4.64. The molecule has 0 atom stereocenters. The number of amides is 1. The highest BCUT2D eigenvalue weighted by Crippen LogP contribution is 2.27. The van der Waals surface area contributed by atoms with Gasteiger partial charge in [-0.1, -0.05) is 0 Å². The molecule has 144 valence electrons. The van der Waals surface area contributed by atoms with Crippen LogP contribution in [0.5, 0.6) is 0 Å². The van der Waals surface area contributed by atoms with Crippen LogP contribution in [-0.4, -0.2) is 56.5 Å². The van der Waals surface area contributed by atoms with Crippen LogP contribution in [0.25, 0.3) is 5.65 Å². The highest BCUT2D eigenvalue weighted by atomic mass is 19.4. The second kappa shape index (κ2) is 7.34. The Balaban J connectivity index is 1.89. The predicted octanol–water partition coefficient (Wildman–Crippen LogP) is 2.81. The summed E-state index contributed by atoms with van der Waals surface area (Å²) in [4.78, 5) is 13.3. The molecule has 2 heterocycles. The number of rotatable bonds is 5. The fourth-order valence-electron chi connectivity index (χ4n) is 2.02. The van der Waals surface area contributed by atoms with Crippen molar-refractivity contribution in [2.75, 3.05) is 25.5 Å². The maximum atomic E-state index is 12.8. The normalized spacial score (nSPS) is 12.3. The van der Waals surface area contributed by atoms with Crippen molar-refractivity contribution in [2.24, 2.45) is 0 Å². The van der Waals surface area contributed by atoms with E-state index >= 15 is 0 Å². The molecule has 2 aromatic heterocycles. The maximum Gasteiger partial charge on any atom is 0.453 e. The number of aromatic nitrogens is 4. The lowest BCUT2D eigenvalue weighted by Crippen LogP contribution is -2.35. The third-order valence-electron chi connectivity index (χ3n) is 3.20. The molecule has 0 radical (unpaired) electrons. The number of ether oxygens (including phenoxy) is 1. The van der Waals surface area contributed by atoms with E-state index in [1.807, 2.05) is 0 Å². The molecule has 1 N–H and O–H groups in total. The molecule has 2 rings (SSSR count). The lowest BCUT2D eigenvalue weighted by molar-refractivity contribution is -0.146. The topological polar surface area (TPSA) is 84.6 Å². The van der Waals surface area contributed by atoms with E-state index in [9.17, 15) is 18.0 Å². The number of nitrogens with one attached hydrogen (secondary N) is 1. The Morgan fingerprint density at radius 3 is 2.58 bits per heavy atom. The fraction of sp³-hybridized carbons (Fsp3) is 0.600. The van der Waals surface area contributed by atoms with E-state index in [1.54, 1.807) is 27.8 Å². The van der Waals surface area contributed by atoms with E-state index in [0.717, 1.165) is 0 Å². The molecule has 0 spiro atoms. The zero-order valence-corrected chi connectivity index (χ0v) is 15.0. The first kappa shape index (κ1) is 19.7. The summed E-state index contributed by atoms with van der Waals surface area (Å²) in [5.74, 6) is -0.927. The quantitative estimate of drug-likeness (QED) is 0.810. The van der Waals surface area contributed by atoms with Gasteiger partial charge in [-0.25, -0.2) is 4.79 Å². The second-order valence-corrected chi connectivity index (χ2v) is 6.69. The zero-order valence-electron chi connectivity index (χ0n) is 15.0. The lowest BCUT2D eigenvalue weighted by Gasteiger charge is -2.24. The van der Waals surface area contributed by atoms with Gasteiger partial charge in [0.2, 0.25) is 0 Å². The van der Waals surface area contributed by atoms with E-state index in [0.29, 0.717) is 24.0 Å². The van der Waals surface area contributed by atoms with Crippen molar-refractivity contribution in [3.05, 3.63) is 18.0 Å². The highest BCUT2D eigenvalue weighted by Gasteiger charge is 2.37. The number of anilines is 1. The van der Waals surface area contributed by atoms with Gasteiger partial charge in [-0.15, -0.1) is 15.3 Å². The number of alkyl halides is 3. The third kappa shape index (κ3) is 5.20. The molecule has 0 saturated heterocycles. The van der Waals surface area contributed by atoms with E-state index < -0.39 is 23.7 Å². The molecule has 11 heteroatoms. The third-order valence-corrected chi connectivity index (χ3v) is 3.20. The first-order chi connectivity index (χ1) is 12.0. The molecule has 2 aromatic rings. The minimum Gasteiger partial charge on any atom is -0.444 e. The Hall–Kier alpha value is -2.59. The standard InChI is InChI=1S/C15H21F3N6O2/c1-14(2,3)26-13(25)23(4)9-5-8-19-10-6-7-11-20-21-12(15(16,17)18)24(11)22-10/h6-7H,5,8-9H2,1-4H3,(H,19,22). The Kier molecular flexibility index (Phi) is 5.57. The van der Waals surface area contributed by atoms with E-state index in [1.165, 1.54) is 17.0 Å². The minimum absolute atomic E-state index is 0.00698. The summed E-state index contributed by atoms with van der Waals surface area (Å²) in [6.45, 7) is 6.17. The van der Waals surface area contributed by atoms with Crippen LogP contribution < -0.4 is 5.32 Å². The summed E-state index contributed by atoms with van der Waals surface area (Å²) in [6.07, 6.45) is -4.51.